The number of unbranched alkanes of at least 4 members (excludes halogenated alkanes) is 7. The van der Waals surface area contributed by atoms with Crippen LogP contribution in [0.15, 0.2) is 60.8 Å². The quantitative estimate of drug-likeness (QED) is 0.0175. The molecule has 1 fully saturated rings. The van der Waals surface area contributed by atoms with Crippen molar-refractivity contribution in [3.8, 4) is 0 Å². The topological polar surface area (TPSA) is 212 Å². The number of Topliss-reactive ketones (excluding diaryl/α,β-unsaturated/α-hetero) is 1. The number of aliphatic hydroxyl groups is 3. The highest BCUT2D eigenvalue weighted by Crippen LogP contribution is 2.43. The second-order valence-corrected chi connectivity index (χ2v) is 16.6. The monoisotopic (exact) mass is 854 g/mol. The first-order chi connectivity index (χ1) is 28.4. The fourth-order valence-corrected chi connectivity index (χ4v) is 7.33. The maximum Gasteiger partial charge on any atom is 0.472 e. The Bertz CT molecular complexity index is 1330. The summed E-state index contributed by atoms with van der Waals surface area (Å²) in [6, 6.07) is 0. The summed E-state index contributed by atoms with van der Waals surface area (Å²) in [7, 11) is -4.48. The largest absolute Gasteiger partial charge is 0.472 e. The molecular weight excluding hydrogens is 777 g/mol. The van der Waals surface area contributed by atoms with Crippen molar-refractivity contribution in [3.05, 3.63) is 60.8 Å². The highest BCUT2D eigenvalue weighted by atomic mass is 31.2. The number of carbonyl (C=O) groups excluding carboxylic acids is 3. The fourth-order valence-electron chi connectivity index (χ4n) is 6.56. The molecule has 0 aromatic rings. The third kappa shape index (κ3) is 29.2. The van der Waals surface area contributed by atoms with Crippen molar-refractivity contribution < 1.29 is 57.7 Å². The van der Waals surface area contributed by atoms with Crippen LogP contribution in [0.2, 0.25) is 0 Å². The average molecular weight is 854 g/mol. The van der Waals surface area contributed by atoms with Crippen LogP contribution >= 0.6 is 7.82 Å². The molecular formula is C45H76NO12P. The first-order valence-electron chi connectivity index (χ1n) is 21.9. The molecule has 0 aromatic carbocycles. The van der Waals surface area contributed by atoms with Gasteiger partial charge >= 0.3 is 19.8 Å². The van der Waals surface area contributed by atoms with Crippen molar-refractivity contribution in [2.24, 2.45) is 17.6 Å². The van der Waals surface area contributed by atoms with E-state index in [-0.39, 0.29) is 51.0 Å². The summed E-state index contributed by atoms with van der Waals surface area (Å²) in [5, 5.41) is 31.3. The summed E-state index contributed by atoms with van der Waals surface area (Å²) in [4.78, 5) is 47.9. The molecule has 0 spiro atoms. The third-order valence-electron chi connectivity index (χ3n) is 9.87. The van der Waals surface area contributed by atoms with Gasteiger partial charge in [-0.25, -0.2) is 4.57 Å². The molecule has 0 saturated heterocycles. The molecule has 6 N–H and O–H groups in total. The zero-order valence-electron chi connectivity index (χ0n) is 35.8. The van der Waals surface area contributed by atoms with Crippen LogP contribution in [0.25, 0.3) is 0 Å². The lowest BCUT2D eigenvalue weighted by Gasteiger charge is -2.20. The summed E-state index contributed by atoms with van der Waals surface area (Å²) in [5.41, 5.74) is 5.33. The van der Waals surface area contributed by atoms with Gasteiger partial charge in [-0.2, -0.15) is 0 Å². The third-order valence-corrected chi connectivity index (χ3v) is 10.9. The highest BCUT2D eigenvalue weighted by molar-refractivity contribution is 7.47. The smallest absolute Gasteiger partial charge is 0.462 e. The van der Waals surface area contributed by atoms with Gasteiger partial charge in [0.15, 0.2) is 6.10 Å². The van der Waals surface area contributed by atoms with Gasteiger partial charge in [0.05, 0.1) is 31.5 Å². The molecule has 1 saturated carbocycles. The van der Waals surface area contributed by atoms with Gasteiger partial charge in [0, 0.05) is 50.5 Å². The molecule has 0 heterocycles. The maximum atomic E-state index is 12.8. The predicted octanol–water partition coefficient (Wildman–Crippen LogP) is 8.05. The van der Waals surface area contributed by atoms with Gasteiger partial charge in [0.25, 0.3) is 0 Å². The van der Waals surface area contributed by atoms with Crippen LogP contribution in [0.1, 0.15) is 142 Å². The standard InChI is InChI=1S/C45H76NO12P/c1-3-5-7-8-9-10-11-12-13-14-15-16-17-18-19-20-22-28-45(52)58-39(36-57-59(53,54)56-32-31-46)35-55-44(51)27-24-23-26-38(48)33-41-40(42(49)34-43(41)50)30-29-37(47)25-21-6-4-2/h5,7,9-10,12-13,15-16,29-30,37,39-43,47,49-50H,3-4,6,8,11,14,17-28,31-36,46H2,1-2H3,(H,53,54)/b7-5-,10-9-,13-12-,16-15-,30-29+/t37-,39+,40+,41+,42+,43-/m0/s1. The molecule has 1 unspecified atom stereocenters. The highest BCUT2D eigenvalue weighted by Gasteiger charge is 2.41. The van der Waals surface area contributed by atoms with Crippen molar-refractivity contribution in [3.63, 3.8) is 0 Å². The van der Waals surface area contributed by atoms with E-state index in [1.165, 1.54) is 0 Å². The van der Waals surface area contributed by atoms with E-state index < -0.39 is 69.2 Å². The van der Waals surface area contributed by atoms with Crippen LogP contribution < -0.4 is 5.73 Å². The van der Waals surface area contributed by atoms with E-state index in [1.807, 2.05) is 0 Å². The minimum absolute atomic E-state index is 0.00718. The molecule has 14 heteroatoms. The number of hydrogen-bond acceptors (Lipinski definition) is 12. The van der Waals surface area contributed by atoms with E-state index >= 15 is 0 Å². The van der Waals surface area contributed by atoms with Crippen LogP contribution in [0.5, 0.6) is 0 Å². The Morgan fingerprint density at radius 2 is 1.39 bits per heavy atom. The van der Waals surface area contributed by atoms with Gasteiger partial charge < -0.3 is 35.4 Å². The molecule has 1 aliphatic rings. The Labute approximate surface area is 353 Å². The summed E-state index contributed by atoms with van der Waals surface area (Å²) >= 11 is 0. The average Bonchev–Trinajstić information content (AvgIpc) is 3.47. The van der Waals surface area contributed by atoms with E-state index in [0.29, 0.717) is 25.7 Å². The van der Waals surface area contributed by atoms with Crippen molar-refractivity contribution in [1.29, 1.82) is 0 Å². The van der Waals surface area contributed by atoms with Crippen molar-refractivity contribution in [2.45, 2.75) is 167 Å². The van der Waals surface area contributed by atoms with E-state index in [0.717, 1.165) is 70.6 Å². The van der Waals surface area contributed by atoms with E-state index in [1.54, 1.807) is 12.2 Å². The summed E-state index contributed by atoms with van der Waals surface area (Å²) < 4.78 is 32.6. The Morgan fingerprint density at radius 3 is 2.07 bits per heavy atom. The van der Waals surface area contributed by atoms with Crippen molar-refractivity contribution >= 4 is 25.5 Å². The number of hydrogen-bond donors (Lipinski definition) is 5. The molecule has 0 radical (unpaired) electrons. The number of carbonyl (C=O) groups is 3. The van der Waals surface area contributed by atoms with Crippen LogP contribution in [0.3, 0.4) is 0 Å². The summed E-state index contributed by atoms with van der Waals surface area (Å²) in [6.45, 7) is 3.03. The second kappa shape index (κ2) is 34.9. The Kier molecular flexibility index (Phi) is 32.1. The number of nitrogens with two attached hydrogens (primary N) is 1. The molecule has 59 heavy (non-hydrogen) atoms. The van der Waals surface area contributed by atoms with Gasteiger partial charge in [-0.15, -0.1) is 0 Å². The molecule has 7 atom stereocenters. The lowest BCUT2D eigenvalue weighted by molar-refractivity contribution is -0.161. The minimum Gasteiger partial charge on any atom is -0.462 e. The van der Waals surface area contributed by atoms with Crippen LogP contribution in [0.4, 0.5) is 0 Å². The molecule has 1 rings (SSSR count). The van der Waals surface area contributed by atoms with E-state index in [9.17, 15) is 39.2 Å². The number of phosphoric acid groups is 1. The number of aliphatic hydroxyl groups excluding tert-OH is 3. The Balaban J connectivity index is 2.44. The van der Waals surface area contributed by atoms with Gasteiger partial charge in [-0.3, -0.25) is 23.4 Å². The lowest BCUT2D eigenvalue weighted by atomic mass is 9.87. The molecule has 1 aliphatic carbocycles. The minimum atomic E-state index is -4.48. The zero-order chi connectivity index (χ0) is 43.6. The summed E-state index contributed by atoms with van der Waals surface area (Å²) in [5.74, 6) is -2.15. The predicted molar refractivity (Wildman–Crippen MR) is 231 cm³/mol. The van der Waals surface area contributed by atoms with Crippen LogP contribution in [-0.4, -0.2) is 88.7 Å². The molecule has 0 amide bonds. The Hall–Kier alpha value is -2.74. The first kappa shape index (κ1) is 54.3. The van der Waals surface area contributed by atoms with Gasteiger partial charge in [-0.05, 0) is 64.2 Å². The fraction of sp³-hybridized carbons (Fsp3) is 0.711. The number of allylic oxidation sites excluding steroid dienone is 8. The second-order valence-electron chi connectivity index (χ2n) is 15.1. The van der Waals surface area contributed by atoms with Crippen molar-refractivity contribution in [1.82, 2.24) is 0 Å². The molecule has 0 aliphatic heterocycles. The summed E-state index contributed by atoms with van der Waals surface area (Å²) in [6.07, 6.45) is 30.3. The molecule has 0 bridgehead atoms. The molecule has 338 valence electrons. The van der Waals surface area contributed by atoms with Crippen molar-refractivity contribution in [2.75, 3.05) is 26.4 Å². The van der Waals surface area contributed by atoms with Gasteiger partial charge in [0.2, 0.25) is 0 Å². The number of ether oxygens (including phenoxy) is 2. The van der Waals surface area contributed by atoms with Crippen LogP contribution in [0, 0.1) is 11.8 Å². The number of phosphoric ester groups is 1. The Morgan fingerprint density at radius 1 is 0.763 bits per heavy atom. The number of esters is 2. The first-order valence-corrected chi connectivity index (χ1v) is 23.4. The lowest BCUT2D eigenvalue weighted by Crippen LogP contribution is -2.29. The number of ketones is 1. The zero-order valence-corrected chi connectivity index (χ0v) is 36.7. The normalized spacial score (nSPS) is 20.7. The van der Waals surface area contributed by atoms with E-state index in [2.05, 4.69) is 62.5 Å². The molecule has 13 nitrogen and oxygen atoms in total. The maximum absolute atomic E-state index is 12.8. The number of rotatable bonds is 36. The van der Waals surface area contributed by atoms with Gasteiger partial charge in [-0.1, -0.05) is 107 Å². The van der Waals surface area contributed by atoms with Crippen LogP contribution in [-0.2, 0) is 37.5 Å². The van der Waals surface area contributed by atoms with Gasteiger partial charge in [0.1, 0.15) is 12.4 Å². The SMILES string of the molecule is CC/C=C\C/C=C\C/C=C\C/C=C\CCCCCCC(=O)O[C@H](COC(=O)CCCCC(=O)C[C@@H]1[C@@H](/C=C/[C@@H](O)CCCCC)[C@H](O)C[C@@H]1O)COP(=O)(O)OCCN. The molecule has 0 aromatic heterocycles. The van der Waals surface area contributed by atoms with E-state index in [4.69, 9.17) is 24.3 Å².